The lowest BCUT2D eigenvalue weighted by molar-refractivity contribution is 0.122. The Kier molecular flexibility index (Phi) is 6.01. The van der Waals surface area contributed by atoms with Gasteiger partial charge in [-0.2, -0.15) is 0 Å². The van der Waals surface area contributed by atoms with Gasteiger partial charge in [0.2, 0.25) is 10.0 Å². The van der Waals surface area contributed by atoms with Gasteiger partial charge >= 0.3 is 0 Å². The lowest BCUT2D eigenvalue weighted by Gasteiger charge is -2.31. The number of hydrogen-bond acceptors (Lipinski definition) is 4. The van der Waals surface area contributed by atoms with E-state index in [0.29, 0.717) is 19.0 Å². The summed E-state index contributed by atoms with van der Waals surface area (Å²) in [5.74, 6) is 0.305. The van der Waals surface area contributed by atoms with Crippen molar-refractivity contribution in [1.29, 1.82) is 0 Å². The number of aliphatic hydroxyl groups is 1. The molecule has 1 saturated heterocycles. The van der Waals surface area contributed by atoms with Gasteiger partial charge in [-0.05, 0) is 37.4 Å². The van der Waals surface area contributed by atoms with Crippen LogP contribution in [0, 0.1) is 5.92 Å². The first-order valence-electron chi connectivity index (χ1n) is 7.10. The molecule has 0 aromatic heterocycles. The van der Waals surface area contributed by atoms with Gasteiger partial charge in [0.25, 0.3) is 0 Å². The summed E-state index contributed by atoms with van der Waals surface area (Å²) in [5, 5.41) is 9.42. The molecular weight excluding hydrogens is 312 g/mol. The van der Waals surface area contributed by atoms with E-state index in [0.717, 1.165) is 25.9 Å². The van der Waals surface area contributed by atoms with E-state index in [1.807, 2.05) is 0 Å². The van der Waals surface area contributed by atoms with Crippen molar-refractivity contribution in [2.24, 2.45) is 5.92 Å². The third kappa shape index (κ3) is 4.66. The average Bonchev–Trinajstić information content (AvgIpc) is 2.47. The highest BCUT2D eigenvalue weighted by molar-refractivity contribution is 7.89. The second-order valence-electron chi connectivity index (χ2n) is 5.32. The van der Waals surface area contributed by atoms with Crippen LogP contribution >= 0.6 is 11.6 Å². The molecule has 0 aliphatic carbocycles. The Morgan fingerprint density at radius 3 is 2.86 bits per heavy atom. The molecule has 1 fully saturated rings. The molecule has 118 valence electrons. The monoisotopic (exact) mass is 332 g/mol. The van der Waals surface area contributed by atoms with E-state index in [-0.39, 0.29) is 16.5 Å². The summed E-state index contributed by atoms with van der Waals surface area (Å²) in [6, 6.07) is 6.40. The van der Waals surface area contributed by atoms with Gasteiger partial charge in [-0.15, -0.1) is 0 Å². The zero-order chi connectivity index (χ0) is 15.3. The second-order valence-corrected chi connectivity index (χ2v) is 7.46. The summed E-state index contributed by atoms with van der Waals surface area (Å²) >= 11 is 5.92. The standard InChI is InChI=1S/C14H21ClN2O3S/c15-13-5-1-2-6-14(13)21(19,20)16-7-9-17-8-3-4-12(10-17)11-18/h1-2,5-6,12,16,18H,3-4,7-11H2/t12-/m0/s1. The predicted octanol–water partition coefficient (Wildman–Crippen LogP) is 1.32. The molecule has 0 amide bonds. The minimum Gasteiger partial charge on any atom is -0.396 e. The summed E-state index contributed by atoms with van der Waals surface area (Å²) in [6.45, 7) is 2.95. The fourth-order valence-electron chi connectivity index (χ4n) is 2.58. The molecule has 1 aliphatic heterocycles. The van der Waals surface area contributed by atoms with Gasteiger partial charge in [-0.3, -0.25) is 0 Å². The Bertz CT molecular complexity index is 565. The fourth-order valence-corrected chi connectivity index (χ4v) is 4.12. The van der Waals surface area contributed by atoms with Crippen molar-refractivity contribution in [3.05, 3.63) is 29.3 Å². The minimum atomic E-state index is -3.57. The van der Waals surface area contributed by atoms with Gasteiger partial charge in [-0.1, -0.05) is 23.7 Å². The SMILES string of the molecule is O=S(=O)(NCCN1CCC[C@H](CO)C1)c1ccccc1Cl. The highest BCUT2D eigenvalue weighted by atomic mass is 35.5. The van der Waals surface area contributed by atoms with Gasteiger partial charge in [-0.25, -0.2) is 13.1 Å². The number of halogens is 1. The van der Waals surface area contributed by atoms with Crippen molar-refractivity contribution in [3.63, 3.8) is 0 Å². The number of hydrogen-bond donors (Lipinski definition) is 2. The summed E-state index contributed by atoms with van der Waals surface area (Å²) in [6.07, 6.45) is 2.08. The number of rotatable bonds is 6. The van der Waals surface area contributed by atoms with Crippen molar-refractivity contribution in [2.75, 3.05) is 32.8 Å². The molecule has 1 aromatic rings. The molecule has 1 aliphatic rings. The lowest BCUT2D eigenvalue weighted by Crippen LogP contribution is -2.41. The Morgan fingerprint density at radius 2 is 2.14 bits per heavy atom. The minimum absolute atomic E-state index is 0.110. The van der Waals surface area contributed by atoms with Crippen molar-refractivity contribution < 1.29 is 13.5 Å². The van der Waals surface area contributed by atoms with E-state index in [1.165, 1.54) is 6.07 Å². The summed E-state index contributed by atoms with van der Waals surface area (Å²) < 4.78 is 26.9. The maximum atomic E-state index is 12.2. The zero-order valence-electron chi connectivity index (χ0n) is 11.8. The number of sulfonamides is 1. The molecule has 1 aromatic carbocycles. The number of aliphatic hydroxyl groups excluding tert-OH is 1. The number of piperidine rings is 1. The van der Waals surface area contributed by atoms with Crippen molar-refractivity contribution in [2.45, 2.75) is 17.7 Å². The molecular formula is C14H21ClN2O3S. The lowest BCUT2D eigenvalue weighted by atomic mass is 9.99. The fraction of sp³-hybridized carbons (Fsp3) is 0.571. The molecule has 1 heterocycles. The van der Waals surface area contributed by atoms with E-state index in [4.69, 9.17) is 11.6 Å². The highest BCUT2D eigenvalue weighted by Gasteiger charge is 2.20. The second kappa shape index (κ2) is 7.56. The third-order valence-corrected chi connectivity index (χ3v) is 5.67. The van der Waals surface area contributed by atoms with Crippen LogP contribution in [0.5, 0.6) is 0 Å². The quantitative estimate of drug-likeness (QED) is 0.824. The van der Waals surface area contributed by atoms with Crippen molar-refractivity contribution in [1.82, 2.24) is 9.62 Å². The van der Waals surface area contributed by atoms with Crippen LogP contribution < -0.4 is 4.72 Å². The summed E-state index contributed by atoms with van der Waals surface area (Å²) in [7, 11) is -3.57. The summed E-state index contributed by atoms with van der Waals surface area (Å²) in [5.41, 5.74) is 0. The number of nitrogens with zero attached hydrogens (tertiary/aromatic N) is 1. The first-order valence-corrected chi connectivity index (χ1v) is 8.96. The molecule has 0 bridgehead atoms. The van der Waals surface area contributed by atoms with E-state index in [9.17, 15) is 13.5 Å². The molecule has 1 atom stereocenters. The van der Waals surface area contributed by atoms with Crippen LogP contribution in [0.15, 0.2) is 29.2 Å². The maximum Gasteiger partial charge on any atom is 0.242 e. The van der Waals surface area contributed by atoms with Crippen LogP contribution in [0.25, 0.3) is 0 Å². The van der Waals surface area contributed by atoms with Crippen LogP contribution in [-0.2, 0) is 10.0 Å². The largest absolute Gasteiger partial charge is 0.396 e. The van der Waals surface area contributed by atoms with E-state index >= 15 is 0 Å². The molecule has 5 nitrogen and oxygen atoms in total. The average molecular weight is 333 g/mol. The van der Waals surface area contributed by atoms with E-state index in [1.54, 1.807) is 18.2 Å². The maximum absolute atomic E-state index is 12.2. The van der Waals surface area contributed by atoms with Gasteiger partial charge < -0.3 is 10.0 Å². The Hall–Kier alpha value is -0.660. The van der Waals surface area contributed by atoms with Crippen LogP contribution in [-0.4, -0.2) is 51.2 Å². The molecule has 2 rings (SSSR count). The molecule has 7 heteroatoms. The Balaban J connectivity index is 1.87. The third-order valence-electron chi connectivity index (χ3n) is 3.71. The van der Waals surface area contributed by atoms with Crippen LogP contribution in [0.1, 0.15) is 12.8 Å². The van der Waals surface area contributed by atoms with E-state index < -0.39 is 10.0 Å². The summed E-state index contributed by atoms with van der Waals surface area (Å²) in [4.78, 5) is 2.29. The van der Waals surface area contributed by atoms with Crippen LogP contribution in [0.4, 0.5) is 0 Å². The highest BCUT2D eigenvalue weighted by Crippen LogP contribution is 2.20. The van der Waals surface area contributed by atoms with E-state index in [2.05, 4.69) is 9.62 Å². The van der Waals surface area contributed by atoms with Crippen LogP contribution in [0.3, 0.4) is 0 Å². The van der Waals surface area contributed by atoms with Crippen molar-refractivity contribution >= 4 is 21.6 Å². The smallest absolute Gasteiger partial charge is 0.242 e. The van der Waals surface area contributed by atoms with Gasteiger partial charge in [0.05, 0.1) is 5.02 Å². The topological polar surface area (TPSA) is 69.6 Å². The Labute approximate surface area is 131 Å². The van der Waals surface area contributed by atoms with Crippen molar-refractivity contribution in [3.8, 4) is 0 Å². The first kappa shape index (κ1) is 16.7. The van der Waals surface area contributed by atoms with Gasteiger partial charge in [0, 0.05) is 26.2 Å². The molecule has 0 unspecified atom stereocenters. The molecule has 2 N–H and O–H groups in total. The van der Waals surface area contributed by atoms with Crippen LogP contribution in [0.2, 0.25) is 5.02 Å². The zero-order valence-corrected chi connectivity index (χ0v) is 13.4. The van der Waals surface area contributed by atoms with Gasteiger partial charge in [0.1, 0.15) is 4.90 Å². The molecule has 0 spiro atoms. The first-order chi connectivity index (χ1) is 10.0. The number of benzene rings is 1. The number of likely N-dealkylation sites (tertiary alicyclic amines) is 1. The Morgan fingerprint density at radius 1 is 1.38 bits per heavy atom. The number of nitrogens with one attached hydrogen (secondary N) is 1. The predicted molar refractivity (Wildman–Crippen MR) is 82.9 cm³/mol. The molecule has 21 heavy (non-hydrogen) atoms. The molecule has 0 radical (unpaired) electrons. The normalized spacial score (nSPS) is 20.6. The van der Waals surface area contributed by atoms with Gasteiger partial charge in [0.15, 0.2) is 0 Å². The molecule has 0 saturated carbocycles.